The number of para-hydroxylation sites is 1. The van der Waals surface area contributed by atoms with Crippen molar-refractivity contribution in [3.05, 3.63) is 60.2 Å². The lowest BCUT2D eigenvalue weighted by atomic mass is 9.88. The minimum atomic E-state index is -0.132. The SMILES string of the molecule is CC(CNC(=O)c1cccc(NC(=O)C2CCCCC2)c1)N(C)c1ccccc1. The highest BCUT2D eigenvalue weighted by Gasteiger charge is 2.21. The summed E-state index contributed by atoms with van der Waals surface area (Å²) in [6, 6.07) is 17.4. The van der Waals surface area contributed by atoms with Crippen LogP contribution in [0.3, 0.4) is 0 Å². The van der Waals surface area contributed by atoms with Gasteiger partial charge in [0, 0.05) is 42.5 Å². The first kappa shape index (κ1) is 20.9. The highest BCUT2D eigenvalue weighted by Crippen LogP contribution is 2.25. The topological polar surface area (TPSA) is 61.4 Å². The molecule has 5 nitrogen and oxygen atoms in total. The number of carbonyl (C=O) groups is 2. The summed E-state index contributed by atoms with van der Waals surface area (Å²) in [6.45, 7) is 2.61. The van der Waals surface area contributed by atoms with Crippen molar-refractivity contribution in [2.45, 2.75) is 45.1 Å². The Hall–Kier alpha value is -2.82. The predicted octanol–water partition coefficient (Wildman–Crippen LogP) is 4.46. The third kappa shape index (κ3) is 5.83. The third-order valence-corrected chi connectivity index (χ3v) is 5.75. The number of carbonyl (C=O) groups excluding carboxylic acids is 2. The molecule has 2 amide bonds. The molecule has 1 aliphatic carbocycles. The Morgan fingerprint density at radius 2 is 1.76 bits per heavy atom. The molecular formula is C24H31N3O2. The largest absolute Gasteiger partial charge is 0.370 e. The Morgan fingerprint density at radius 3 is 2.48 bits per heavy atom. The highest BCUT2D eigenvalue weighted by atomic mass is 16.2. The Kier molecular flexibility index (Phi) is 7.28. The number of amides is 2. The van der Waals surface area contributed by atoms with Crippen LogP contribution in [0.5, 0.6) is 0 Å². The monoisotopic (exact) mass is 393 g/mol. The number of rotatable bonds is 7. The molecule has 154 valence electrons. The Bertz CT molecular complexity index is 816. The van der Waals surface area contributed by atoms with Crippen molar-refractivity contribution in [3.63, 3.8) is 0 Å². The lowest BCUT2D eigenvalue weighted by Gasteiger charge is -2.27. The van der Waals surface area contributed by atoms with Gasteiger partial charge in [-0.15, -0.1) is 0 Å². The van der Waals surface area contributed by atoms with Crippen LogP contribution < -0.4 is 15.5 Å². The number of nitrogens with zero attached hydrogens (tertiary/aromatic N) is 1. The first-order valence-corrected chi connectivity index (χ1v) is 10.5. The summed E-state index contributed by atoms with van der Waals surface area (Å²) in [5.74, 6) is 0.0306. The lowest BCUT2D eigenvalue weighted by Crippen LogP contribution is -2.40. The van der Waals surface area contributed by atoms with Crippen LogP contribution in [0.2, 0.25) is 0 Å². The second kappa shape index (κ2) is 10.1. The molecule has 0 radical (unpaired) electrons. The maximum absolute atomic E-state index is 12.6. The molecule has 1 saturated carbocycles. The molecule has 3 rings (SSSR count). The molecule has 0 aromatic heterocycles. The van der Waals surface area contributed by atoms with Gasteiger partial charge in [0.1, 0.15) is 0 Å². The van der Waals surface area contributed by atoms with Gasteiger partial charge in [-0.1, -0.05) is 43.5 Å². The molecule has 0 heterocycles. The summed E-state index contributed by atoms with van der Waals surface area (Å²) in [5, 5.41) is 5.98. The van der Waals surface area contributed by atoms with E-state index < -0.39 is 0 Å². The number of anilines is 2. The van der Waals surface area contributed by atoms with E-state index in [1.165, 1.54) is 6.42 Å². The number of benzene rings is 2. The van der Waals surface area contributed by atoms with Crippen LogP contribution in [0.4, 0.5) is 11.4 Å². The van der Waals surface area contributed by atoms with Crippen molar-refractivity contribution in [2.75, 3.05) is 23.8 Å². The first-order chi connectivity index (χ1) is 14.0. The maximum Gasteiger partial charge on any atom is 0.251 e. The normalized spacial score (nSPS) is 15.4. The molecule has 1 aliphatic rings. The first-order valence-electron chi connectivity index (χ1n) is 10.5. The van der Waals surface area contributed by atoms with Gasteiger partial charge >= 0.3 is 0 Å². The van der Waals surface area contributed by atoms with Crippen LogP contribution in [0.25, 0.3) is 0 Å². The fourth-order valence-electron chi connectivity index (χ4n) is 3.74. The molecule has 1 fully saturated rings. The van der Waals surface area contributed by atoms with E-state index in [4.69, 9.17) is 0 Å². The predicted molar refractivity (Wildman–Crippen MR) is 118 cm³/mol. The van der Waals surface area contributed by atoms with E-state index in [1.807, 2.05) is 37.4 Å². The van der Waals surface area contributed by atoms with Crippen LogP contribution >= 0.6 is 0 Å². The molecule has 2 aromatic rings. The Balaban J connectivity index is 1.54. The number of hydrogen-bond acceptors (Lipinski definition) is 3. The van der Waals surface area contributed by atoms with Gasteiger partial charge in [0.2, 0.25) is 5.91 Å². The lowest BCUT2D eigenvalue weighted by molar-refractivity contribution is -0.120. The van der Waals surface area contributed by atoms with Gasteiger partial charge in [-0.25, -0.2) is 0 Å². The zero-order chi connectivity index (χ0) is 20.6. The summed E-state index contributed by atoms with van der Waals surface area (Å²) in [6.07, 6.45) is 5.38. The van der Waals surface area contributed by atoms with Gasteiger partial charge in [-0.3, -0.25) is 9.59 Å². The number of hydrogen-bond donors (Lipinski definition) is 2. The quantitative estimate of drug-likeness (QED) is 0.730. The van der Waals surface area contributed by atoms with Crippen LogP contribution in [0, 0.1) is 5.92 Å². The minimum Gasteiger partial charge on any atom is -0.370 e. The van der Waals surface area contributed by atoms with Crippen LogP contribution in [0.15, 0.2) is 54.6 Å². The number of nitrogens with one attached hydrogen (secondary N) is 2. The Labute approximate surface area is 173 Å². The molecule has 0 bridgehead atoms. The summed E-state index contributed by atoms with van der Waals surface area (Å²) >= 11 is 0. The van der Waals surface area contributed by atoms with E-state index in [2.05, 4.69) is 34.6 Å². The van der Waals surface area contributed by atoms with Gasteiger partial charge in [0.05, 0.1) is 0 Å². The standard InChI is InChI=1S/C24H31N3O2/c1-18(27(2)22-14-7-4-8-15-22)17-25-23(28)20-12-9-13-21(16-20)26-24(29)19-10-5-3-6-11-19/h4,7-9,12-16,18-19H,3,5-6,10-11,17H2,1-2H3,(H,25,28)(H,26,29). The highest BCUT2D eigenvalue weighted by molar-refractivity contribution is 5.97. The fraction of sp³-hybridized carbons (Fsp3) is 0.417. The van der Waals surface area contributed by atoms with Crippen molar-refractivity contribution in [1.29, 1.82) is 0 Å². The Morgan fingerprint density at radius 1 is 1.03 bits per heavy atom. The van der Waals surface area contributed by atoms with E-state index >= 15 is 0 Å². The van der Waals surface area contributed by atoms with E-state index in [0.29, 0.717) is 17.8 Å². The van der Waals surface area contributed by atoms with Crippen molar-refractivity contribution < 1.29 is 9.59 Å². The second-order valence-corrected chi connectivity index (χ2v) is 7.91. The summed E-state index contributed by atoms with van der Waals surface area (Å²) < 4.78 is 0. The molecular weight excluding hydrogens is 362 g/mol. The van der Waals surface area contributed by atoms with E-state index in [-0.39, 0.29) is 23.8 Å². The minimum absolute atomic E-state index is 0.0698. The molecule has 29 heavy (non-hydrogen) atoms. The molecule has 1 unspecified atom stereocenters. The van der Waals surface area contributed by atoms with E-state index in [9.17, 15) is 9.59 Å². The third-order valence-electron chi connectivity index (χ3n) is 5.75. The second-order valence-electron chi connectivity index (χ2n) is 7.91. The summed E-state index contributed by atoms with van der Waals surface area (Å²) in [4.78, 5) is 27.2. The molecule has 2 N–H and O–H groups in total. The molecule has 5 heteroatoms. The van der Waals surface area contributed by atoms with E-state index in [0.717, 1.165) is 31.4 Å². The zero-order valence-electron chi connectivity index (χ0n) is 17.4. The van der Waals surface area contributed by atoms with Crippen molar-refractivity contribution >= 4 is 23.2 Å². The van der Waals surface area contributed by atoms with Crippen molar-refractivity contribution in [2.24, 2.45) is 5.92 Å². The van der Waals surface area contributed by atoms with Crippen LogP contribution in [0.1, 0.15) is 49.4 Å². The average Bonchev–Trinajstić information content (AvgIpc) is 2.78. The molecule has 0 saturated heterocycles. The van der Waals surface area contributed by atoms with Gasteiger partial charge < -0.3 is 15.5 Å². The summed E-state index contributed by atoms with van der Waals surface area (Å²) in [5.41, 5.74) is 2.35. The summed E-state index contributed by atoms with van der Waals surface area (Å²) in [7, 11) is 2.02. The maximum atomic E-state index is 12.6. The molecule has 0 aliphatic heterocycles. The van der Waals surface area contributed by atoms with Gasteiger partial charge in [0.15, 0.2) is 0 Å². The average molecular weight is 394 g/mol. The fourth-order valence-corrected chi connectivity index (χ4v) is 3.74. The molecule has 2 aromatic carbocycles. The van der Waals surface area contributed by atoms with Crippen molar-refractivity contribution in [3.8, 4) is 0 Å². The molecule has 0 spiro atoms. The van der Waals surface area contributed by atoms with Gasteiger partial charge in [-0.05, 0) is 50.1 Å². The molecule has 1 atom stereocenters. The zero-order valence-corrected chi connectivity index (χ0v) is 17.4. The van der Waals surface area contributed by atoms with Crippen LogP contribution in [-0.2, 0) is 4.79 Å². The van der Waals surface area contributed by atoms with Crippen LogP contribution in [-0.4, -0.2) is 31.4 Å². The van der Waals surface area contributed by atoms with Gasteiger partial charge in [0.25, 0.3) is 5.91 Å². The van der Waals surface area contributed by atoms with Crippen molar-refractivity contribution in [1.82, 2.24) is 5.32 Å². The van der Waals surface area contributed by atoms with E-state index in [1.54, 1.807) is 12.1 Å². The smallest absolute Gasteiger partial charge is 0.251 e. The number of likely N-dealkylation sites (N-methyl/N-ethyl adjacent to an activating group) is 1. The van der Waals surface area contributed by atoms with Gasteiger partial charge in [-0.2, -0.15) is 0 Å².